The monoisotopic (exact) mass is 402 g/mol. The number of benzene rings is 2. The van der Waals surface area contributed by atoms with Crippen LogP contribution < -0.4 is 9.46 Å². The van der Waals surface area contributed by atoms with E-state index >= 15 is 0 Å². The molecule has 0 spiro atoms. The Hall–Kier alpha value is -1.89. The summed E-state index contributed by atoms with van der Waals surface area (Å²) in [6, 6.07) is 17.1. The fourth-order valence-electron chi connectivity index (χ4n) is 3.54. The third-order valence-electron chi connectivity index (χ3n) is 5.27. The molecule has 1 N–H and O–H groups in total. The molecule has 0 aliphatic carbocycles. The zero-order valence-electron chi connectivity index (χ0n) is 16.5. The first-order valence-electron chi connectivity index (χ1n) is 10.1. The summed E-state index contributed by atoms with van der Waals surface area (Å²) in [4.78, 5) is 2.76. The minimum Gasteiger partial charge on any atom is -0.494 e. The molecule has 3 rings (SSSR count). The first-order valence-corrected chi connectivity index (χ1v) is 11.5. The summed E-state index contributed by atoms with van der Waals surface area (Å²) < 4.78 is 33.2. The van der Waals surface area contributed by atoms with E-state index in [9.17, 15) is 8.42 Å². The second kappa shape index (κ2) is 10.0. The van der Waals surface area contributed by atoms with Crippen LogP contribution in [0.3, 0.4) is 0 Å². The third-order valence-corrected chi connectivity index (χ3v) is 6.71. The molecule has 1 aliphatic heterocycles. The number of piperidine rings is 1. The topological polar surface area (TPSA) is 58.6 Å². The van der Waals surface area contributed by atoms with Crippen molar-refractivity contribution in [1.82, 2.24) is 9.62 Å². The van der Waals surface area contributed by atoms with Gasteiger partial charge in [-0.25, -0.2) is 13.1 Å². The lowest BCUT2D eigenvalue weighted by atomic mass is 9.97. The number of nitrogens with one attached hydrogen (secondary N) is 1. The van der Waals surface area contributed by atoms with Crippen molar-refractivity contribution < 1.29 is 13.2 Å². The molecule has 1 aliphatic rings. The summed E-state index contributed by atoms with van der Waals surface area (Å²) in [5.74, 6) is 1.08. The number of ether oxygens (including phenoxy) is 1. The third kappa shape index (κ3) is 6.06. The highest BCUT2D eigenvalue weighted by atomic mass is 32.2. The Labute approximate surface area is 168 Å². The molecule has 0 aromatic heterocycles. The molecule has 0 amide bonds. The van der Waals surface area contributed by atoms with Gasteiger partial charge in [-0.1, -0.05) is 30.3 Å². The quantitative estimate of drug-likeness (QED) is 0.699. The summed E-state index contributed by atoms with van der Waals surface area (Å²) in [6.07, 6.45) is 3.12. The van der Waals surface area contributed by atoms with Gasteiger partial charge in [0.15, 0.2) is 0 Å². The number of likely N-dealkylation sites (tertiary alicyclic amines) is 1. The van der Waals surface area contributed by atoms with Gasteiger partial charge in [-0.05, 0) is 75.0 Å². The predicted octanol–water partition coefficient (Wildman–Crippen LogP) is 3.32. The van der Waals surface area contributed by atoms with E-state index in [2.05, 4.69) is 33.9 Å². The highest BCUT2D eigenvalue weighted by molar-refractivity contribution is 7.89. The molecule has 0 radical (unpaired) electrons. The maximum absolute atomic E-state index is 12.5. The highest BCUT2D eigenvalue weighted by Gasteiger charge is 2.21. The van der Waals surface area contributed by atoms with Crippen molar-refractivity contribution in [2.45, 2.75) is 31.1 Å². The van der Waals surface area contributed by atoms with E-state index in [0.717, 1.165) is 38.9 Å². The van der Waals surface area contributed by atoms with Gasteiger partial charge >= 0.3 is 0 Å². The van der Waals surface area contributed by atoms with E-state index in [1.54, 1.807) is 24.3 Å². The van der Waals surface area contributed by atoms with Crippen molar-refractivity contribution in [2.24, 2.45) is 5.92 Å². The van der Waals surface area contributed by atoms with E-state index in [1.807, 2.05) is 13.0 Å². The average molecular weight is 403 g/mol. The van der Waals surface area contributed by atoms with E-state index in [4.69, 9.17) is 4.74 Å². The average Bonchev–Trinajstić information content (AvgIpc) is 2.73. The Morgan fingerprint density at radius 3 is 2.36 bits per heavy atom. The smallest absolute Gasteiger partial charge is 0.240 e. The Morgan fingerprint density at radius 1 is 1.04 bits per heavy atom. The lowest BCUT2D eigenvalue weighted by Crippen LogP contribution is -2.39. The molecule has 152 valence electrons. The molecule has 0 bridgehead atoms. The number of nitrogens with zero attached hydrogens (tertiary/aromatic N) is 1. The Morgan fingerprint density at radius 2 is 1.71 bits per heavy atom. The van der Waals surface area contributed by atoms with Crippen molar-refractivity contribution in [3.8, 4) is 5.75 Å². The largest absolute Gasteiger partial charge is 0.494 e. The second-order valence-electron chi connectivity index (χ2n) is 7.28. The Balaban J connectivity index is 1.41. The molecule has 5 nitrogen and oxygen atoms in total. The van der Waals surface area contributed by atoms with Gasteiger partial charge in [-0.2, -0.15) is 0 Å². The minimum absolute atomic E-state index is 0.288. The normalized spacial score (nSPS) is 16.2. The molecule has 0 saturated carbocycles. The van der Waals surface area contributed by atoms with Gasteiger partial charge in [-0.15, -0.1) is 0 Å². The zero-order chi connectivity index (χ0) is 19.8. The van der Waals surface area contributed by atoms with Crippen LogP contribution in [0.15, 0.2) is 59.5 Å². The van der Waals surface area contributed by atoms with Crippen LogP contribution in [-0.2, 0) is 16.4 Å². The number of rotatable bonds is 9. The lowest BCUT2D eigenvalue weighted by molar-refractivity contribution is 0.187. The number of hydrogen-bond acceptors (Lipinski definition) is 4. The van der Waals surface area contributed by atoms with Crippen LogP contribution in [0.5, 0.6) is 5.75 Å². The number of hydrogen-bond donors (Lipinski definition) is 1. The van der Waals surface area contributed by atoms with Crippen molar-refractivity contribution >= 4 is 10.0 Å². The maximum Gasteiger partial charge on any atom is 0.240 e. The van der Waals surface area contributed by atoms with E-state index in [-0.39, 0.29) is 4.90 Å². The molecule has 0 atom stereocenters. The van der Waals surface area contributed by atoms with Gasteiger partial charge in [0, 0.05) is 13.1 Å². The molecule has 1 fully saturated rings. The van der Waals surface area contributed by atoms with Gasteiger partial charge in [0.1, 0.15) is 5.75 Å². The van der Waals surface area contributed by atoms with Crippen molar-refractivity contribution in [3.05, 3.63) is 60.2 Å². The van der Waals surface area contributed by atoms with Crippen LogP contribution in [0.1, 0.15) is 25.3 Å². The van der Waals surface area contributed by atoms with Gasteiger partial charge in [0.05, 0.1) is 11.5 Å². The summed E-state index contributed by atoms with van der Waals surface area (Å²) in [5.41, 5.74) is 1.37. The standard InChI is InChI=1S/C22H30N2O3S/c1-2-27-21-8-10-22(11-9-21)28(25,26)23-18-20-13-16-24(17-14-20)15-12-19-6-4-3-5-7-19/h3-11,20,23H,2,12-18H2,1H3. The van der Waals surface area contributed by atoms with E-state index < -0.39 is 10.0 Å². The van der Waals surface area contributed by atoms with Crippen LogP contribution in [0.25, 0.3) is 0 Å². The molecular formula is C22H30N2O3S. The van der Waals surface area contributed by atoms with Gasteiger partial charge < -0.3 is 9.64 Å². The van der Waals surface area contributed by atoms with E-state index in [0.29, 0.717) is 24.8 Å². The van der Waals surface area contributed by atoms with Crippen LogP contribution >= 0.6 is 0 Å². The zero-order valence-corrected chi connectivity index (χ0v) is 17.3. The molecule has 28 heavy (non-hydrogen) atoms. The summed E-state index contributed by atoms with van der Waals surface area (Å²) in [6.45, 7) is 6.09. The summed E-state index contributed by atoms with van der Waals surface area (Å²) in [5, 5.41) is 0. The van der Waals surface area contributed by atoms with Gasteiger partial charge in [0.25, 0.3) is 0 Å². The molecule has 1 heterocycles. The maximum atomic E-state index is 12.5. The fraction of sp³-hybridized carbons (Fsp3) is 0.455. The Bertz CT molecular complexity index is 815. The first-order chi connectivity index (χ1) is 13.6. The fourth-order valence-corrected chi connectivity index (χ4v) is 4.65. The molecule has 2 aromatic rings. The minimum atomic E-state index is -3.47. The molecule has 1 saturated heterocycles. The predicted molar refractivity (Wildman–Crippen MR) is 112 cm³/mol. The molecule has 0 unspecified atom stereocenters. The van der Waals surface area contributed by atoms with Crippen molar-refractivity contribution in [1.29, 1.82) is 0 Å². The first kappa shape index (κ1) is 20.8. The van der Waals surface area contributed by atoms with Crippen LogP contribution in [0.2, 0.25) is 0 Å². The highest BCUT2D eigenvalue weighted by Crippen LogP contribution is 2.19. The van der Waals surface area contributed by atoms with Crippen LogP contribution in [-0.4, -0.2) is 46.1 Å². The van der Waals surface area contributed by atoms with Crippen LogP contribution in [0, 0.1) is 5.92 Å². The van der Waals surface area contributed by atoms with Crippen molar-refractivity contribution in [2.75, 3.05) is 32.8 Å². The van der Waals surface area contributed by atoms with Crippen molar-refractivity contribution in [3.63, 3.8) is 0 Å². The van der Waals surface area contributed by atoms with Gasteiger partial charge in [-0.3, -0.25) is 0 Å². The summed E-state index contributed by atoms with van der Waals surface area (Å²) in [7, 11) is -3.47. The molecular weight excluding hydrogens is 372 g/mol. The van der Waals surface area contributed by atoms with Crippen LogP contribution in [0.4, 0.5) is 0 Å². The number of sulfonamides is 1. The molecule has 6 heteroatoms. The SMILES string of the molecule is CCOc1ccc(S(=O)(=O)NCC2CCN(CCc3ccccc3)CC2)cc1. The second-order valence-corrected chi connectivity index (χ2v) is 9.04. The lowest BCUT2D eigenvalue weighted by Gasteiger charge is -2.32. The molecule has 2 aromatic carbocycles. The summed E-state index contributed by atoms with van der Waals surface area (Å²) >= 11 is 0. The van der Waals surface area contributed by atoms with E-state index in [1.165, 1.54) is 5.56 Å². The Kier molecular flexibility index (Phi) is 7.48. The van der Waals surface area contributed by atoms with Gasteiger partial charge in [0.2, 0.25) is 10.0 Å².